The van der Waals surface area contributed by atoms with Crippen molar-refractivity contribution in [3.05, 3.63) is 70.8 Å². The minimum absolute atomic E-state index is 0.0473. The van der Waals surface area contributed by atoms with Crippen molar-refractivity contribution in [2.75, 3.05) is 11.9 Å². The molecule has 0 amide bonds. The van der Waals surface area contributed by atoms with Gasteiger partial charge in [0.1, 0.15) is 0 Å². The van der Waals surface area contributed by atoms with Crippen LogP contribution in [-0.2, 0) is 7.05 Å². The van der Waals surface area contributed by atoms with Gasteiger partial charge in [-0.05, 0) is 44.4 Å². The molecule has 0 spiro atoms. The van der Waals surface area contributed by atoms with Crippen LogP contribution in [0.2, 0.25) is 0 Å². The molecule has 2 aromatic heterocycles. The molecule has 0 radical (unpaired) electrons. The number of nitrogens with one attached hydrogen (secondary N) is 1. The summed E-state index contributed by atoms with van der Waals surface area (Å²) in [5.41, 5.74) is 8.43. The Hall–Kier alpha value is -2.15. The van der Waals surface area contributed by atoms with E-state index in [4.69, 9.17) is 5.73 Å². The molecule has 0 aliphatic rings. The van der Waals surface area contributed by atoms with E-state index in [1.807, 2.05) is 24.0 Å². The van der Waals surface area contributed by atoms with Gasteiger partial charge in [-0.15, -0.1) is 11.3 Å². The number of fused-ring (bicyclic) bond motifs is 1. The van der Waals surface area contributed by atoms with Crippen molar-refractivity contribution in [2.45, 2.75) is 6.04 Å². The number of thiophene rings is 1. The lowest BCUT2D eigenvalue weighted by atomic mass is 9.99. The van der Waals surface area contributed by atoms with E-state index in [0.29, 0.717) is 6.54 Å². The van der Waals surface area contributed by atoms with Crippen LogP contribution in [0.4, 0.5) is 5.00 Å². The fraction of sp³-hybridized carbons (Fsp3) is 0.150. The zero-order chi connectivity index (χ0) is 18.1. The first kappa shape index (κ1) is 17.3. The number of benzene rings is 2. The minimum atomic E-state index is 0.0473. The Bertz CT molecular complexity index is 1050. The molecule has 0 fully saturated rings. The molecule has 132 valence electrons. The smallest absolute Gasteiger partial charge is 0.0906 e. The standard InChI is InChI=1S/C20H19BrN4S/c1-25-18(9-10-23-25)20-16(21)11-19(26-20)24-17(12-22)15-8-4-6-13-5-2-3-7-14(13)15/h2-11,17,24H,12,22H2,1H3. The fourth-order valence-electron chi connectivity index (χ4n) is 3.20. The Morgan fingerprint density at radius 3 is 2.77 bits per heavy atom. The van der Waals surface area contributed by atoms with Crippen LogP contribution in [0, 0.1) is 0 Å². The number of nitrogens with two attached hydrogens (primary N) is 1. The summed E-state index contributed by atoms with van der Waals surface area (Å²) in [4.78, 5) is 1.15. The highest BCUT2D eigenvalue weighted by Crippen LogP contribution is 2.40. The summed E-state index contributed by atoms with van der Waals surface area (Å²) < 4.78 is 2.94. The third-order valence-electron chi connectivity index (χ3n) is 4.49. The van der Waals surface area contributed by atoms with Crippen LogP contribution in [-0.4, -0.2) is 16.3 Å². The van der Waals surface area contributed by atoms with E-state index in [2.05, 4.69) is 74.9 Å². The molecule has 4 nitrogen and oxygen atoms in total. The molecule has 0 saturated carbocycles. The number of aryl methyl sites for hydroxylation is 1. The quantitative estimate of drug-likeness (QED) is 0.462. The van der Waals surface area contributed by atoms with Crippen molar-refractivity contribution in [1.82, 2.24) is 9.78 Å². The highest BCUT2D eigenvalue weighted by Gasteiger charge is 2.17. The lowest BCUT2D eigenvalue weighted by Crippen LogP contribution is -2.20. The molecule has 1 atom stereocenters. The van der Waals surface area contributed by atoms with Crippen molar-refractivity contribution in [1.29, 1.82) is 0 Å². The van der Waals surface area contributed by atoms with Gasteiger partial charge < -0.3 is 11.1 Å². The maximum Gasteiger partial charge on any atom is 0.0906 e. The van der Waals surface area contributed by atoms with Crippen LogP contribution in [0.5, 0.6) is 0 Å². The monoisotopic (exact) mass is 426 g/mol. The van der Waals surface area contributed by atoms with Crippen LogP contribution in [0.3, 0.4) is 0 Å². The van der Waals surface area contributed by atoms with Gasteiger partial charge in [-0.25, -0.2) is 0 Å². The van der Waals surface area contributed by atoms with Crippen LogP contribution in [0.15, 0.2) is 65.3 Å². The Labute approximate surface area is 164 Å². The maximum absolute atomic E-state index is 6.12. The summed E-state index contributed by atoms with van der Waals surface area (Å²) in [6, 6.07) is 19.0. The lowest BCUT2D eigenvalue weighted by molar-refractivity contribution is 0.777. The number of aromatic nitrogens is 2. The second-order valence-corrected chi connectivity index (χ2v) is 8.04. The van der Waals surface area contributed by atoms with Crippen LogP contribution in [0.1, 0.15) is 11.6 Å². The number of hydrogen-bond acceptors (Lipinski definition) is 4. The van der Waals surface area contributed by atoms with Crippen LogP contribution >= 0.6 is 27.3 Å². The summed E-state index contributed by atoms with van der Waals surface area (Å²) in [5, 5.41) is 11.4. The third-order valence-corrected chi connectivity index (χ3v) is 6.47. The Kier molecular flexibility index (Phi) is 4.80. The number of hydrogen-bond donors (Lipinski definition) is 2. The fourth-order valence-corrected chi connectivity index (χ4v) is 5.09. The van der Waals surface area contributed by atoms with Crippen LogP contribution < -0.4 is 11.1 Å². The van der Waals surface area contributed by atoms with Crippen molar-refractivity contribution < 1.29 is 0 Å². The molecule has 6 heteroatoms. The first-order valence-electron chi connectivity index (χ1n) is 8.39. The summed E-state index contributed by atoms with van der Waals surface area (Å²) in [7, 11) is 1.95. The molecular weight excluding hydrogens is 408 g/mol. The van der Waals surface area contributed by atoms with Crippen molar-refractivity contribution in [3.63, 3.8) is 0 Å². The topological polar surface area (TPSA) is 55.9 Å². The van der Waals surface area contributed by atoms with Gasteiger partial charge >= 0.3 is 0 Å². The normalized spacial score (nSPS) is 12.4. The van der Waals surface area contributed by atoms with Gasteiger partial charge in [-0.2, -0.15) is 5.10 Å². The highest BCUT2D eigenvalue weighted by atomic mass is 79.9. The number of nitrogens with zero attached hydrogens (tertiary/aromatic N) is 2. The maximum atomic E-state index is 6.12. The van der Waals surface area contributed by atoms with E-state index in [1.165, 1.54) is 16.3 Å². The molecule has 0 aliphatic carbocycles. The average Bonchev–Trinajstić information content (AvgIpc) is 3.24. The molecule has 0 saturated heterocycles. The highest BCUT2D eigenvalue weighted by molar-refractivity contribution is 9.10. The molecule has 2 heterocycles. The van der Waals surface area contributed by atoms with Gasteiger partial charge in [0.05, 0.1) is 21.6 Å². The van der Waals surface area contributed by atoms with E-state index in [9.17, 15) is 0 Å². The van der Waals surface area contributed by atoms with Crippen molar-refractivity contribution >= 4 is 43.0 Å². The van der Waals surface area contributed by atoms with Crippen molar-refractivity contribution in [3.8, 4) is 10.6 Å². The molecule has 0 bridgehead atoms. The molecular formula is C20H19BrN4S. The first-order chi connectivity index (χ1) is 12.7. The zero-order valence-electron chi connectivity index (χ0n) is 14.3. The van der Waals surface area contributed by atoms with E-state index in [0.717, 1.165) is 20.0 Å². The summed E-state index contributed by atoms with van der Waals surface area (Å²) in [5.74, 6) is 0. The first-order valence-corrected chi connectivity index (χ1v) is 10.0. The number of anilines is 1. The van der Waals surface area contributed by atoms with Gasteiger partial charge in [0.25, 0.3) is 0 Å². The molecule has 1 unspecified atom stereocenters. The average molecular weight is 427 g/mol. The molecule has 26 heavy (non-hydrogen) atoms. The van der Waals surface area contributed by atoms with Gasteiger partial charge in [0, 0.05) is 24.3 Å². The largest absolute Gasteiger partial charge is 0.369 e. The van der Waals surface area contributed by atoms with Gasteiger partial charge in [-0.1, -0.05) is 42.5 Å². The minimum Gasteiger partial charge on any atom is -0.369 e. The van der Waals surface area contributed by atoms with Gasteiger partial charge in [0.15, 0.2) is 0 Å². The van der Waals surface area contributed by atoms with E-state index in [1.54, 1.807) is 11.3 Å². The Balaban J connectivity index is 1.68. The zero-order valence-corrected chi connectivity index (χ0v) is 16.7. The number of rotatable bonds is 5. The third kappa shape index (κ3) is 3.16. The van der Waals surface area contributed by atoms with E-state index >= 15 is 0 Å². The Morgan fingerprint density at radius 2 is 2.00 bits per heavy atom. The van der Waals surface area contributed by atoms with Gasteiger partial charge in [0.2, 0.25) is 0 Å². The molecule has 4 aromatic rings. The predicted molar refractivity (Wildman–Crippen MR) is 114 cm³/mol. The molecule has 0 aliphatic heterocycles. The molecule has 4 rings (SSSR count). The second-order valence-electron chi connectivity index (χ2n) is 6.13. The SMILES string of the molecule is Cn1nccc1-c1sc(NC(CN)c2cccc3ccccc23)cc1Br. The Morgan fingerprint density at radius 1 is 1.19 bits per heavy atom. The molecule has 2 aromatic carbocycles. The number of halogens is 1. The predicted octanol–water partition coefficient (Wildman–Crippen LogP) is 5.18. The van der Waals surface area contributed by atoms with Crippen molar-refractivity contribution in [2.24, 2.45) is 12.8 Å². The van der Waals surface area contributed by atoms with Gasteiger partial charge in [-0.3, -0.25) is 4.68 Å². The van der Waals surface area contributed by atoms with Crippen LogP contribution in [0.25, 0.3) is 21.3 Å². The molecule has 3 N–H and O–H groups in total. The summed E-state index contributed by atoms with van der Waals surface area (Å²) in [6.07, 6.45) is 1.81. The summed E-state index contributed by atoms with van der Waals surface area (Å²) in [6.45, 7) is 0.518. The van der Waals surface area contributed by atoms with E-state index < -0.39 is 0 Å². The summed E-state index contributed by atoms with van der Waals surface area (Å²) >= 11 is 5.38. The lowest BCUT2D eigenvalue weighted by Gasteiger charge is -2.19. The second kappa shape index (κ2) is 7.23. The van der Waals surface area contributed by atoms with E-state index in [-0.39, 0.29) is 6.04 Å².